The van der Waals surface area contributed by atoms with E-state index < -0.39 is 0 Å². The zero-order chi connectivity index (χ0) is 16.3. The molecule has 24 heavy (non-hydrogen) atoms. The number of aliphatic hydroxyl groups excluding tert-OH is 1. The predicted octanol–water partition coefficient (Wildman–Crippen LogP) is 0.217. The molecule has 3 saturated heterocycles. The van der Waals surface area contributed by atoms with E-state index in [4.69, 9.17) is 14.2 Å². The van der Waals surface area contributed by atoms with Crippen molar-refractivity contribution in [2.24, 2.45) is 23.7 Å². The van der Waals surface area contributed by atoms with Crippen LogP contribution in [-0.2, 0) is 14.2 Å². The summed E-state index contributed by atoms with van der Waals surface area (Å²) in [7, 11) is 1.76. The van der Waals surface area contributed by atoms with Gasteiger partial charge in [0.1, 0.15) is 6.79 Å². The van der Waals surface area contributed by atoms with E-state index in [2.05, 4.69) is 0 Å². The van der Waals surface area contributed by atoms with Gasteiger partial charge in [-0.3, -0.25) is 0 Å². The topological polar surface area (TPSA) is 52.4 Å². The third-order valence-corrected chi connectivity index (χ3v) is 8.06. The second-order valence-electron chi connectivity index (χ2n) is 9.00. The minimum Gasteiger partial charge on any atom is -0.390 e. The summed E-state index contributed by atoms with van der Waals surface area (Å²) < 4.78 is 17.2. The van der Waals surface area contributed by atoms with Gasteiger partial charge in [-0.15, -0.1) is 0 Å². The van der Waals surface area contributed by atoms with Gasteiger partial charge in [0.25, 0.3) is 0 Å². The fourth-order valence-electron chi connectivity index (χ4n) is 6.84. The molecule has 3 heterocycles. The molecule has 0 spiro atoms. The molecular formula is C19H32NO4+. The minimum absolute atomic E-state index is 0.0469. The van der Waals surface area contributed by atoms with Crippen molar-refractivity contribution in [3.05, 3.63) is 0 Å². The van der Waals surface area contributed by atoms with Crippen LogP contribution >= 0.6 is 0 Å². The maximum absolute atomic E-state index is 10.3. The number of fused-ring (bicyclic) bond motifs is 5. The van der Waals surface area contributed by atoms with Crippen molar-refractivity contribution < 1.29 is 24.2 Å². The highest BCUT2D eigenvalue weighted by molar-refractivity contribution is 4.97. The normalized spacial score (nSPS) is 56.8. The van der Waals surface area contributed by atoms with Gasteiger partial charge in [0.15, 0.2) is 0 Å². The monoisotopic (exact) mass is 338 g/mol. The lowest BCUT2D eigenvalue weighted by Gasteiger charge is -2.54. The third-order valence-electron chi connectivity index (χ3n) is 8.06. The highest BCUT2D eigenvalue weighted by atomic mass is 16.7. The lowest BCUT2D eigenvalue weighted by atomic mass is 9.62. The Morgan fingerprint density at radius 2 is 1.75 bits per heavy atom. The van der Waals surface area contributed by atoms with E-state index in [0.29, 0.717) is 24.9 Å². The quantitative estimate of drug-likeness (QED) is 0.718. The first-order chi connectivity index (χ1) is 11.7. The summed E-state index contributed by atoms with van der Waals surface area (Å²) in [6.07, 6.45) is 7.55. The summed E-state index contributed by atoms with van der Waals surface area (Å²) in [5.41, 5.74) is 0. The summed E-state index contributed by atoms with van der Waals surface area (Å²) in [5, 5.41) is 10.3. The molecule has 3 aliphatic heterocycles. The van der Waals surface area contributed by atoms with Gasteiger partial charge in [0.05, 0.1) is 43.5 Å². The highest BCUT2D eigenvalue weighted by Crippen LogP contribution is 2.44. The van der Waals surface area contributed by atoms with Crippen LogP contribution in [0, 0.1) is 23.7 Å². The van der Waals surface area contributed by atoms with E-state index in [1.54, 1.807) is 7.11 Å². The number of hydrogen-bond acceptors (Lipinski definition) is 4. The Labute approximate surface area is 144 Å². The van der Waals surface area contributed by atoms with Crippen LogP contribution in [0.25, 0.3) is 0 Å². The van der Waals surface area contributed by atoms with Gasteiger partial charge in [-0.25, -0.2) is 0 Å². The molecule has 0 radical (unpaired) electrons. The molecule has 136 valence electrons. The first-order valence-electron chi connectivity index (χ1n) is 10.0. The summed E-state index contributed by atoms with van der Waals surface area (Å²) in [6.45, 7) is 3.13. The number of piperidine rings is 2. The molecule has 5 heteroatoms. The third kappa shape index (κ3) is 2.55. The average molecular weight is 338 g/mol. The van der Waals surface area contributed by atoms with Crippen molar-refractivity contribution >= 4 is 0 Å². The zero-order valence-electron chi connectivity index (χ0n) is 14.7. The van der Waals surface area contributed by atoms with Gasteiger partial charge in [0.2, 0.25) is 0 Å². The van der Waals surface area contributed by atoms with E-state index in [1.807, 2.05) is 4.90 Å². The molecule has 10 unspecified atom stereocenters. The zero-order valence-corrected chi connectivity index (χ0v) is 14.7. The summed E-state index contributed by atoms with van der Waals surface area (Å²) in [4.78, 5) is 1.83. The van der Waals surface area contributed by atoms with Crippen LogP contribution in [0.4, 0.5) is 0 Å². The SMILES string of the molecule is COC1CC2C(CC[NH+]3CC4CC5OCOC5CC4CC23)CC1O. The fourth-order valence-corrected chi connectivity index (χ4v) is 6.84. The molecule has 0 aromatic carbocycles. The molecule has 0 amide bonds. The minimum atomic E-state index is -0.256. The Kier molecular flexibility index (Phi) is 4.14. The molecule has 2 aliphatic carbocycles. The summed E-state index contributed by atoms with van der Waals surface area (Å²) in [6, 6.07) is 0.772. The lowest BCUT2D eigenvalue weighted by Crippen LogP contribution is -3.19. The van der Waals surface area contributed by atoms with Gasteiger partial charge in [-0.1, -0.05) is 0 Å². The molecule has 0 aromatic heterocycles. The van der Waals surface area contributed by atoms with Crippen LogP contribution < -0.4 is 4.90 Å². The Hall–Kier alpha value is -0.200. The average Bonchev–Trinajstić information content (AvgIpc) is 3.04. The van der Waals surface area contributed by atoms with Crippen LogP contribution in [0.1, 0.15) is 38.5 Å². The van der Waals surface area contributed by atoms with Crippen LogP contribution in [-0.4, -0.2) is 62.6 Å². The Balaban J connectivity index is 1.32. The number of rotatable bonds is 1. The second kappa shape index (κ2) is 6.20. The molecule has 5 aliphatic rings. The van der Waals surface area contributed by atoms with E-state index in [1.165, 1.54) is 38.8 Å². The van der Waals surface area contributed by atoms with Gasteiger partial charge >= 0.3 is 0 Å². The highest BCUT2D eigenvalue weighted by Gasteiger charge is 2.53. The molecule has 2 N–H and O–H groups in total. The van der Waals surface area contributed by atoms with Crippen molar-refractivity contribution in [3.63, 3.8) is 0 Å². The number of aliphatic hydroxyl groups is 1. The van der Waals surface area contributed by atoms with Gasteiger partial charge in [0, 0.05) is 25.4 Å². The number of methoxy groups -OCH3 is 1. The summed E-state index contributed by atoms with van der Waals surface area (Å²) >= 11 is 0. The molecule has 5 rings (SSSR count). The van der Waals surface area contributed by atoms with Crippen LogP contribution in [0.5, 0.6) is 0 Å². The van der Waals surface area contributed by atoms with Crippen molar-refractivity contribution in [1.82, 2.24) is 0 Å². The maximum atomic E-state index is 10.3. The number of hydrogen-bond donors (Lipinski definition) is 2. The van der Waals surface area contributed by atoms with Crippen LogP contribution in [0.2, 0.25) is 0 Å². The number of ether oxygens (including phenoxy) is 3. The lowest BCUT2D eigenvalue weighted by molar-refractivity contribution is -0.947. The van der Waals surface area contributed by atoms with E-state index in [-0.39, 0.29) is 12.2 Å². The van der Waals surface area contributed by atoms with Crippen molar-refractivity contribution in [3.8, 4) is 0 Å². The standard InChI is InChI=1S/C19H31NO4/c1-22-17-8-14-11(5-16(17)21)2-3-20-9-13-7-19-18(23-10-24-19)6-12(13)4-15(14)20/h11-19,21H,2-10H2,1H3/p+1. The number of nitrogens with one attached hydrogen (secondary N) is 1. The van der Waals surface area contributed by atoms with Gasteiger partial charge in [-0.05, 0) is 43.9 Å². The molecule has 5 nitrogen and oxygen atoms in total. The Morgan fingerprint density at radius 3 is 2.54 bits per heavy atom. The fraction of sp³-hybridized carbons (Fsp3) is 1.00. The smallest absolute Gasteiger partial charge is 0.147 e. The summed E-state index contributed by atoms with van der Waals surface area (Å²) in [5.74, 6) is 3.08. The van der Waals surface area contributed by atoms with E-state index >= 15 is 0 Å². The van der Waals surface area contributed by atoms with Gasteiger partial charge < -0.3 is 24.2 Å². The van der Waals surface area contributed by atoms with E-state index in [0.717, 1.165) is 36.6 Å². The van der Waals surface area contributed by atoms with Gasteiger partial charge in [-0.2, -0.15) is 0 Å². The number of quaternary nitrogens is 1. The van der Waals surface area contributed by atoms with Crippen LogP contribution in [0.15, 0.2) is 0 Å². The molecule has 10 atom stereocenters. The maximum Gasteiger partial charge on any atom is 0.147 e. The molecule has 2 saturated carbocycles. The Morgan fingerprint density at radius 1 is 0.958 bits per heavy atom. The van der Waals surface area contributed by atoms with Crippen LogP contribution in [0.3, 0.4) is 0 Å². The molecule has 0 aromatic rings. The van der Waals surface area contributed by atoms with Crippen molar-refractivity contribution in [2.45, 2.75) is 69.0 Å². The molecule has 0 bridgehead atoms. The second-order valence-corrected chi connectivity index (χ2v) is 9.00. The first-order valence-corrected chi connectivity index (χ1v) is 10.0. The molecular weight excluding hydrogens is 306 g/mol. The largest absolute Gasteiger partial charge is 0.390 e. The van der Waals surface area contributed by atoms with Crippen molar-refractivity contribution in [1.29, 1.82) is 0 Å². The van der Waals surface area contributed by atoms with E-state index in [9.17, 15) is 5.11 Å². The molecule has 5 fully saturated rings. The van der Waals surface area contributed by atoms with Crippen molar-refractivity contribution in [2.75, 3.05) is 27.0 Å². The Bertz CT molecular complexity index is 474. The predicted molar refractivity (Wildman–Crippen MR) is 87.6 cm³/mol. The first kappa shape index (κ1) is 16.0.